The van der Waals surface area contributed by atoms with Crippen LogP contribution in [0.1, 0.15) is 39.5 Å². The predicted molar refractivity (Wildman–Crippen MR) is 82.1 cm³/mol. The SMILES string of the molecule is CCC(CC)(C(=O)O)C(=O)O.O=C(O)CCC(F)(OC(F)(F)C(F)(F)C(F)(F)F)C(F)(F)F. The number of carboxylic acid groups (broad SMARTS) is 3. The first-order valence-electron chi connectivity index (χ1n) is 8.35. The summed E-state index contributed by atoms with van der Waals surface area (Å²) in [6, 6.07) is 0. The molecule has 0 radical (unpaired) electrons. The molecule has 0 saturated heterocycles. The Kier molecular flexibility index (Phi) is 10.6. The van der Waals surface area contributed by atoms with Gasteiger partial charge in [-0.2, -0.15) is 43.9 Å². The van der Waals surface area contributed by atoms with Gasteiger partial charge in [0.25, 0.3) is 0 Å². The van der Waals surface area contributed by atoms with Gasteiger partial charge in [0.2, 0.25) is 0 Å². The molecule has 0 aliphatic rings. The number of ether oxygens (including phenoxy) is 1. The Bertz CT molecular complexity index is 683. The van der Waals surface area contributed by atoms with Crippen molar-refractivity contribution in [2.75, 3.05) is 0 Å². The topological polar surface area (TPSA) is 121 Å². The maximum atomic E-state index is 13.3. The lowest BCUT2D eigenvalue weighted by Gasteiger charge is -2.34. The van der Waals surface area contributed by atoms with E-state index in [0.717, 1.165) is 0 Å². The molecule has 0 bridgehead atoms. The van der Waals surface area contributed by atoms with E-state index in [1.54, 1.807) is 13.8 Å². The third-order valence-corrected chi connectivity index (χ3v) is 4.12. The summed E-state index contributed by atoms with van der Waals surface area (Å²) < 4.78 is 137. The molecule has 18 heteroatoms. The molecule has 196 valence electrons. The Labute approximate surface area is 177 Å². The van der Waals surface area contributed by atoms with Crippen molar-refractivity contribution in [3.05, 3.63) is 0 Å². The highest BCUT2D eigenvalue weighted by atomic mass is 19.4. The van der Waals surface area contributed by atoms with Crippen LogP contribution in [0.4, 0.5) is 48.3 Å². The summed E-state index contributed by atoms with van der Waals surface area (Å²) in [5.41, 5.74) is -1.58. The standard InChI is InChI=1S/C8H5F11O3.C7H12O4/c9-4(6(12,13)14,2-1-3(20)21)22-8(18,19)5(10,11)7(15,16)17;1-3-7(4-2,5(8)9)6(10)11/h1-2H2,(H,20,21);3-4H2,1-2H3,(H,8,9)(H,10,11). The van der Waals surface area contributed by atoms with Gasteiger partial charge in [0.1, 0.15) is 0 Å². The minimum absolute atomic E-state index is 0.119. The number of hydrogen-bond donors (Lipinski definition) is 3. The minimum Gasteiger partial charge on any atom is -0.481 e. The van der Waals surface area contributed by atoms with Gasteiger partial charge in [0.15, 0.2) is 5.41 Å². The quantitative estimate of drug-likeness (QED) is 0.279. The molecule has 0 aliphatic carbocycles. The lowest BCUT2D eigenvalue weighted by molar-refractivity contribution is -0.483. The summed E-state index contributed by atoms with van der Waals surface area (Å²) in [6.45, 7) is 3.12. The molecular weight excluding hydrogens is 501 g/mol. The number of carboxylic acids is 3. The summed E-state index contributed by atoms with van der Waals surface area (Å²) in [7, 11) is 0. The van der Waals surface area contributed by atoms with E-state index in [4.69, 9.17) is 15.3 Å². The van der Waals surface area contributed by atoms with Gasteiger partial charge in [0.05, 0.1) is 6.42 Å². The summed E-state index contributed by atoms with van der Waals surface area (Å²) in [5.74, 6) is -17.6. The maximum Gasteiger partial charge on any atom is 0.462 e. The van der Waals surface area contributed by atoms with Gasteiger partial charge in [-0.3, -0.25) is 19.1 Å². The molecule has 3 N–H and O–H groups in total. The van der Waals surface area contributed by atoms with Crippen molar-refractivity contribution < 1.29 is 82.7 Å². The van der Waals surface area contributed by atoms with Crippen LogP contribution in [0, 0.1) is 5.41 Å². The van der Waals surface area contributed by atoms with E-state index in [2.05, 4.69) is 4.74 Å². The van der Waals surface area contributed by atoms with Crippen LogP contribution in [0.25, 0.3) is 0 Å². The Morgan fingerprint density at radius 1 is 0.697 bits per heavy atom. The van der Waals surface area contributed by atoms with Crippen LogP contribution in [-0.4, -0.2) is 63.5 Å². The van der Waals surface area contributed by atoms with E-state index < -0.39 is 66.4 Å². The molecule has 0 spiro atoms. The molecule has 0 saturated carbocycles. The molecule has 0 aromatic carbocycles. The van der Waals surface area contributed by atoms with E-state index >= 15 is 0 Å². The van der Waals surface area contributed by atoms with Crippen LogP contribution in [0.5, 0.6) is 0 Å². The smallest absolute Gasteiger partial charge is 0.462 e. The molecule has 0 fully saturated rings. The Hall–Kier alpha value is -2.40. The predicted octanol–water partition coefficient (Wildman–Crippen LogP) is 4.85. The molecule has 1 atom stereocenters. The van der Waals surface area contributed by atoms with Crippen molar-refractivity contribution in [3.8, 4) is 0 Å². The highest BCUT2D eigenvalue weighted by Crippen LogP contribution is 2.51. The van der Waals surface area contributed by atoms with Crippen molar-refractivity contribution >= 4 is 17.9 Å². The molecule has 33 heavy (non-hydrogen) atoms. The van der Waals surface area contributed by atoms with Crippen molar-refractivity contribution in [2.24, 2.45) is 5.41 Å². The fourth-order valence-electron chi connectivity index (χ4n) is 1.90. The Morgan fingerprint density at radius 2 is 1.06 bits per heavy atom. The van der Waals surface area contributed by atoms with Crippen LogP contribution < -0.4 is 0 Å². The maximum absolute atomic E-state index is 13.3. The fourth-order valence-corrected chi connectivity index (χ4v) is 1.90. The first kappa shape index (κ1) is 32.8. The summed E-state index contributed by atoms with van der Waals surface area (Å²) in [4.78, 5) is 31.1. The average Bonchev–Trinajstić information content (AvgIpc) is 2.59. The second kappa shape index (κ2) is 10.7. The third-order valence-electron chi connectivity index (χ3n) is 4.12. The van der Waals surface area contributed by atoms with Gasteiger partial charge in [-0.1, -0.05) is 13.8 Å². The summed E-state index contributed by atoms with van der Waals surface area (Å²) in [6.07, 6.45) is -24.5. The average molecular weight is 518 g/mol. The number of aliphatic carboxylic acids is 3. The van der Waals surface area contributed by atoms with E-state index in [9.17, 15) is 62.7 Å². The Balaban J connectivity index is 0. The van der Waals surface area contributed by atoms with Crippen LogP contribution in [0.3, 0.4) is 0 Å². The van der Waals surface area contributed by atoms with Gasteiger partial charge >= 0.3 is 48.1 Å². The van der Waals surface area contributed by atoms with Crippen molar-refractivity contribution in [1.29, 1.82) is 0 Å². The van der Waals surface area contributed by atoms with E-state index in [0.29, 0.717) is 0 Å². The van der Waals surface area contributed by atoms with Gasteiger partial charge < -0.3 is 15.3 Å². The Morgan fingerprint density at radius 3 is 1.24 bits per heavy atom. The normalized spacial score (nSPS) is 15.2. The minimum atomic E-state index is -7.15. The molecule has 0 aromatic heterocycles. The van der Waals surface area contributed by atoms with Crippen molar-refractivity contribution in [1.82, 2.24) is 0 Å². The number of rotatable bonds is 10. The zero-order valence-electron chi connectivity index (χ0n) is 16.5. The van der Waals surface area contributed by atoms with E-state index in [1.807, 2.05) is 0 Å². The molecule has 0 rings (SSSR count). The van der Waals surface area contributed by atoms with Gasteiger partial charge in [-0.15, -0.1) is 0 Å². The second-order valence-corrected chi connectivity index (χ2v) is 6.21. The van der Waals surface area contributed by atoms with Crippen molar-refractivity contribution in [3.63, 3.8) is 0 Å². The van der Waals surface area contributed by atoms with E-state index in [1.165, 1.54) is 0 Å². The second-order valence-electron chi connectivity index (χ2n) is 6.21. The van der Waals surface area contributed by atoms with Gasteiger partial charge in [-0.25, -0.2) is 4.39 Å². The number of hydrogen-bond acceptors (Lipinski definition) is 4. The molecule has 7 nitrogen and oxygen atoms in total. The van der Waals surface area contributed by atoms with Crippen LogP contribution in [-0.2, 0) is 19.1 Å². The molecule has 0 amide bonds. The number of alkyl halides is 11. The molecule has 0 aromatic rings. The van der Waals surface area contributed by atoms with Gasteiger partial charge in [0, 0.05) is 6.42 Å². The highest BCUT2D eigenvalue weighted by Gasteiger charge is 2.78. The van der Waals surface area contributed by atoms with Crippen LogP contribution >= 0.6 is 0 Å². The fraction of sp³-hybridized carbons (Fsp3) is 0.800. The van der Waals surface area contributed by atoms with Crippen LogP contribution in [0.15, 0.2) is 0 Å². The number of carbonyl (C=O) groups is 3. The van der Waals surface area contributed by atoms with E-state index in [-0.39, 0.29) is 12.8 Å². The summed E-state index contributed by atoms with van der Waals surface area (Å²) >= 11 is 0. The zero-order chi connectivity index (χ0) is 27.3. The molecular formula is C15H17F11O7. The highest BCUT2D eigenvalue weighted by molar-refractivity contribution is 5.98. The summed E-state index contributed by atoms with van der Waals surface area (Å²) in [5, 5.41) is 25.3. The van der Waals surface area contributed by atoms with Crippen LogP contribution in [0.2, 0.25) is 0 Å². The first-order chi connectivity index (χ1) is 14.4. The lowest BCUT2D eigenvalue weighted by atomic mass is 9.83. The van der Waals surface area contributed by atoms with Crippen molar-refractivity contribution in [2.45, 2.75) is 69.8 Å². The first-order valence-corrected chi connectivity index (χ1v) is 8.35. The number of halogens is 11. The third kappa shape index (κ3) is 7.56. The van der Waals surface area contributed by atoms with Gasteiger partial charge in [-0.05, 0) is 12.8 Å². The molecule has 0 heterocycles. The monoisotopic (exact) mass is 518 g/mol. The molecule has 0 aliphatic heterocycles. The largest absolute Gasteiger partial charge is 0.481 e. The zero-order valence-corrected chi connectivity index (χ0v) is 16.5. The molecule has 1 unspecified atom stereocenters. The lowest BCUT2D eigenvalue weighted by Crippen LogP contribution is -2.59.